The van der Waals surface area contributed by atoms with Gasteiger partial charge in [0.15, 0.2) is 0 Å². The molecule has 0 aliphatic rings. The molecular weight excluding hydrogens is 349 g/mol. The van der Waals surface area contributed by atoms with E-state index >= 15 is 0 Å². The molecule has 0 fully saturated rings. The molecule has 0 saturated carbocycles. The highest BCUT2D eigenvalue weighted by molar-refractivity contribution is 7.14. The zero-order valence-corrected chi connectivity index (χ0v) is 15.3. The number of thiazole rings is 1. The predicted octanol–water partition coefficient (Wildman–Crippen LogP) is 5.57. The summed E-state index contributed by atoms with van der Waals surface area (Å²) in [4.78, 5) is 4.52. The number of aromatic nitrogens is 1. The summed E-state index contributed by atoms with van der Waals surface area (Å²) in [6.45, 7) is 2.89. The molecule has 0 saturated heterocycles. The number of hydrogen-bond acceptors (Lipinski definition) is 5. The van der Waals surface area contributed by atoms with Crippen LogP contribution in [0.4, 0.5) is 9.52 Å². The molecule has 0 radical (unpaired) electrons. The fourth-order valence-corrected chi connectivity index (χ4v) is 2.89. The Bertz CT molecular complexity index is 844. The molecule has 0 aliphatic carbocycles. The molecule has 4 nitrogen and oxygen atoms in total. The maximum Gasteiger partial charge on any atom is 0.203 e. The summed E-state index contributed by atoms with van der Waals surface area (Å²) in [5.41, 5.74) is 5.63. The second kappa shape index (κ2) is 9.10. The fourth-order valence-electron chi connectivity index (χ4n) is 2.22. The number of rotatable bonds is 8. The van der Waals surface area contributed by atoms with E-state index in [0.717, 1.165) is 42.0 Å². The van der Waals surface area contributed by atoms with Gasteiger partial charge in [-0.1, -0.05) is 25.5 Å². The van der Waals surface area contributed by atoms with Crippen molar-refractivity contribution >= 4 is 22.7 Å². The third-order valence-corrected chi connectivity index (χ3v) is 4.41. The molecular formula is C20H20FN3OS. The zero-order chi connectivity index (χ0) is 18.2. The van der Waals surface area contributed by atoms with Gasteiger partial charge in [-0.15, -0.1) is 11.3 Å². The molecule has 0 unspecified atom stereocenters. The molecule has 0 amide bonds. The SMILES string of the molecule is CCCCOc1ccc(-c2csc(NN=Cc3ccc(F)cc3)n2)cc1. The Morgan fingerprint density at radius 1 is 1.15 bits per heavy atom. The van der Waals surface area contributed by atoms with Crippen molar-refractivity contribution in [1.82, 2.24) is 4.98 Å². The minimum absolute atomic E-state index is 0.263. The van der Waals surface area contributed by atoms with E-state index < -0.39 is 0 Å². The molecule has 0 bridgehead atoms. The average molecular weight is 369 g/mol. The summed E-state index contributed by atoms with van der Waals surface area (Å²) in [5.74, 6) is 0.612. The number of unbranched alkanes of at least 4 members (excludes halogenated alkanes) is 1. The number of halogens is 1. The number of hydrazone groups is 1. The van der Waals surface area contributed by atoms with E-state index in [2.05, 4.69) is 22.4 Å². The van der Waals surface area contributed by atoms with Crippen LogP contribution in [0.3, 0.4) is 0 Å². The monoisotopic (exact) mass is 369 g/mol. The Kier molecular flexibility index (Phi) is 6.33. The molecule has 134 valence electrons. The largest absolute Gasteiger partial charge is 0.494 e. The van der Waals surface area contributed by atoms with Gasteiger partial charge in [-0.2, -0.15) is 5.10 Å². The molecule has 1 N–H and O–H groups in total. The highest BCUT2D eigenvalue weighted by Gasteiger charge is 2.04. The summed E-state index contributed by atoms with van der Waals surface area (Å²) >= 11 is 1.48. The smallest absolute Gasteiger partial charge is 0.203 e. The Hall–Kier alpha value is -2.73. The van der Waals surface area contributed by atoms with E-state index in [9.17, 15) is 4.39 Å². The summed E-state index contributed by atoms with van der Waals surface area (Å²) in [7, 11) is 0. The predicted molar refractivity (Wildman–Crippen MR) is 106 cm³/mol. The first kappa shape index (κ1) is 18.1. The quantitative estimate of drug-likeness (QED) is 0.320. The molecule has 1 heterocycles. The van der Waals surface area contributed by atoms with Gasteiger partial charge in [-0.3, -0.25) is 5.43 Å². The number of anilines is 1. The van der Waals surface area contributed by atoms with Crippen LogP contribution in [0, 0.1) is 5.82 Å². The van der Waals surface area contributed by atoms with Crippen LogP contribution in [0.5, 0.6) is 5.75 Å². The van der Waals surface area contributed by atoms with Crippen LogP contribution in [0.2, 0.25) is 0 Å². The van der Waals surface area contributed by atoms with Crippen molar-refractivity contribution in [2.75, 3.05) is 12.0 Å². The van der Waals surface area contributed by atoms with Gasteiger partial charge in [-0.25, -0.2) is 9.37 Å². The Labute approximate surface area is 156 Å². The number of ether oxygens (including phenoxy) is 1. The van der Waals surface area contributed by atoms with Gasteiger partial charge in [0.2, 0.25) is 5.13 Å². The Morgan fingerprint density at radius 3 is 2.65 bits per heavy atom. The lowest BCUT2D eigenvalue weighted by Gasteiger charge is -2.05. The molecule has 2 aromatic carbocycles. The molecule has 6 heteroatoms. The van der Waals surface area contributed by atoms with Gasteiger partial charge in [0.05, 0.1) is 18.5 Å². The minimum atomic E-state index is -0.263. The number of nitrogens with one attached hydrogen (secondary N) is 1. The van der Waals surface area contributed by atoms with Gasteiger partial charge < -0.3 is 4.74 Å². The summed E-state index contributed by atoms with van der Waals surface area (Å²) in [5, 5.41) is 6.81. The molecule has 0 aliphatic heterocycles. The fraction of sp³-hybridized carbons (Fsp3) is 0.200. The van der Waals surface area contributed by atoms with Gasteiger partial charge in [0.1, 0.15) is 11.6 Å². The van der Waals surface area contributed by atoms with E-state index in [1.54, 1.807) is 18.3 Å². The average Bonchev–Trinajstić information content (AvgIpc) is 3.13. The second-order valence-electron chi connectivity index (χ2n) is 5.69. The first-order valence-corrected chi connectivity index (χ1v) is 9.36. The molecule has 3 aromatic rings. The van der Waals surface area contributed by atoms with Crippen LogP contribution < -0.4 is 10.2 Å². The van der Waals surface area contributed by atoms with Gasteiger partial charge in [-0.05, 0) is 48.4 Å². The van der Waals surface area contributed by atoms with E-state index in [4.69, 9.17) is 4.74 Å². The molecule has 0 atom stereocenters. The highest BCUT2D eigenvalue weighted by Crippen LogP contribution is 2.26. The van der Waals surface area contributed by atoms with Gasteiger partial charge in [0, 0.05) is 10.9 Å². The van der Waals surface area contributed by atoms with Crippen LogP contribution in [0.1, 0.15) is 25.3 Å². The van der Waals surface area contributed by atoms with Crippen LogP contribution in [-0.2, 0) is 0 Å². The maximum atomic E-state index is 12.9. The second-order valence-corrected chi connectivity index (χ2v) is 6.54. The van der Waals surface area contributed by atoms with Crippen LogP contribution in [0.15, 0.2) is 59.0 Å². The number of nitrogens with zero attached hydrogens (tertiary/aromatic N) is 2. The molecule has 26 heavy (non-hydrogen) atoms. The molecule has 3 rings (SSSR count). The van der Waals surface area contributed by atoms with E-state index in [0.29, 0.717) is 5.13 Å². The summed E-state index contributed by atoms with van der Waals surface area (Å²) < 4.78 is 18.5. The number of hydrogen-bond donors (Lipinski definition) is 1. The topological polar surface area (TPSA) is 46.5 Å². The Balaban J connectivity index is 1.57. The minimum Gasteiger partial charge on any atom is -0.494 e. The Morgan fingerprint density at radius 2 is 1.92 bits per heavy atom. The third-order valence-electron chi connectivity index (χ3n) is 3.66. The lowest BCUT2D eigenvalue weighted by Crippen LogP contribution is -1.95. The standard InChI is InChI=1S/C20H20FN3OS/c1-2-3-12-25-18-10-6-16(7-11-18)19-14-26-20(23-19)24-22-13-15-4-8-17(21)9-5-15/h4-11,13-14H,2-3,12H2,1H3,(H,23,24). The summed E-state index contributed by atoms with van der Waals surface area (Å²) in [6.07, 6.45) is 3.81. The van der Waals surface area contributed by atoms with Gasteiger partial charge >= 0.3 is 0 Å². The lowest BCUT2D eigenvalue weighted by atomic mass is 10.2. The van der Waals surface area contributed by atoms with E-state index in [-0.39, 0.29) is 5.82 Å². The van der Waals surface area contributed by atoms with Crippen LogP contribution in [-0.4, -0.2) is 17.8 Å². The first-order chi connectivity index (χ1) is 12.7. The molecule has 0 spiro atoms. The van der Waals surface area contributed by atoms with Crippen molar-refractivity contribution in [3.05, 3.63) is 65.3 Å². The van der Waals surface area contributed by atoms with Crippen LogP contribution >= 0.6 is 11.3 Å². The maximum absolute atomic E-state index is 12.9. The highest BCUT2D eigenvalue weighted by atomic mass is 32.1. The lowest BCUT2D eigenvalue weighted by molar-refractivity contribution is 0.309. The third kappa shape index (κ3) is 5.13. The van der Waals surface area contributed by atoms with Crippen molar-refractivity contribution in [2.45, 2.75) is 19.8 Å². The van der Waals surface area contributed by atoms with Crippen molar-refractivity contribution < 1.29 is 9.13 Å². The first-order valence-electron chi connectivity index (χ1n) is 8.48. The number of benzene rings is 2. The van der Waals surface area contributed by atoms with Crippen molar-refractivity contribution in [1.29, 1.82) is 0 Å². The van der Waals surface area contributed by atoms with Crippen molar-refractivity contribution in [3.8, 4) is 17.0 Å². The van der Waals surface area contributed by atoms with E-state index in [1.807, 2.05) is 29.6 Å². The van der Waals surface area contributed by atoms with Crippen molar-refractivity contribution in [2.24, 2.45) is 5.10 Å². The molecule has 1 aromatic heterocycles. The van der Waals surface area contributed by atoms with Crippen LogP contribution in [0.25, 0.3) is 11.3 Å². The van der Waals surface area contributed by atoms with Crippen molar-refractivity contribution in [3.63, 3.8) is 0 Å². The summed E-state index contributed by atoms with van der Waals surface area (Å²) in [6, 6.07) is 14.1. The zero-order valence-electron chi connectivity index (χ0n) is 14.5. The van der Waals surface area contributed by atoms with Gasteiger partial charge in [0.25, 0.3) is 0 Å². The normalized spacial score (nSPS) is 11.0. The van der Waals surface area contributed by atoms with E-state index in [1.165, 1.54) is 23.5 Å².